The fraction of sp³-hybridized carbons (Fsp3) is 0.714. The van der Waals surface area contributed by atoms with Crippen molar-refractivity contribution in [2.45, 2.75) is 95.9 Å². The van der Waals surface area contributed by atoms with Crippen molar-refractivity contribution in [1.82, 2.24) is 0 Å². The number of hydrogen-bond donors (Lipinski definition) is 0. The van der Waals surface area contributed by atoms with E-state index in [1.807, 2.05) is 0 Å². The van der Waals surface area contributed by atoms with Gasteiger partial charge in [0.05, 0.1) is 0 Å². The van der Waals surface area contributed by atoms with Crippen molar-refractivity contribution < 1.29 is 0 Å². The van der Waals surface area contributed by atoms with Crippen LogP contribution in [0.5, 0.6) is 0 Å². The quantitative estimate of drug-likeness (QED) is 0.298. The molecule has 2 rings (SSSR count). The van der Waals surface area contributed by atoms with E-state index in [0.717, 1.165) is 12.8 Å². The smallest absolute Gasteiger partial charge is 0.269 e. The van der Waals surface area contributed by atoms with Gasteiger partial charge < -0.3 is 0 Å². The van der Waals surface area contributed by atoms with Crippen LogP contribution in [0.1, 0.15) is 95.9 Å². The molecule has 0 radical (unpaired) electrons. The molecular formula is C28H46Ca. The molecule has 0 atom stereocenters. The number of hydrogen-bond acceptors (Lipinski definition) is 0. The first-order valence-corrected chi connectivity index (χ1v) is 11.6. The van der Waals surface area contributed by atoms with Crippen molar-refractivity contribution in [3.63, 3.8) is 0 Å². The molecule has 0 fully saturated rings. The van der Waals surface area contributed by atoms with Crippen molar-refractivity contribution in [3.8, 4) is 0 Å². The SMILES string of the molecule is CC(C)C1=[C-]CC(C(C)C)=C1C(C)C.CC(C)C1=[C-]CC(C(C)C)=C1C(C)C.[Ca+2]. The Balaban J connectivity index is 0.000000523. The number of allylic oxidation sites excluding steroid dienone is 8. The van der Waals surface area contributed by atoms with E-state index >= 15 is 0 Å². The zero-order valence-corrected chi connectivity index (χ0v) is 23.8. The molecule has 0 aromatic carbocycles. The Hall–Kier alpha value is 0.220. The minimum atomic E-state index is 0. The Bertz CT molecular complexity index is 588. The van der Waals surface area contributed by atoms with E-state index < -0.39 is 0 Å². The van der Waals surface area contributed by atoms with Crippen LogP contribution in [0.25, 0.3) is 0 Å². The van der Waals surface area contributed by atoms with E-state index in [1.165, 1.54) is 11.1 Å². The molecule has 29 heavy (non-hydrogen) atoms. The third-order valence-electron chi connectivity index (χ3n) is 5.91. The third-order valence-corrected chi connectivity index (χ3v) is 5.91. The van der Waals surface area contributed by atoms with Gasteiger partial charge in [0, 0.05) is 0 Å². The van der Waals surface area contributed by atoms with Crippen LogP contribution >= 0.6 is 0 Å². The summed E-state index contributed by atoms with van der Waals surface area (Å²) >= 11 is 0. The maximum absolute atomic E-state index is 3.56. The zero-order chi connectivity index (χ0) is 21.8. The van der Waals surface area contributed by atoms with E-state index in [-0.39, 0.29) is 37.7 Å². The summed E-state index contributed by atoms with van der Waals surface area (Å²) in [5, 5.41) is 0. The first-order chi connectivity index (χ1) is 12.9. The van der Waals surface area contributed by atoms with Crippen molar-refractivity contribution in [3.05, 3.63) is 45.6 Å². The Kier molecular flexibility index (Phi) is 13.0. The Morgan fingerprint density at radius 2 is 0.724 bits per heavy atom. The fourth-order valence-electron chi connectivity index (χ4n) is 4.53. The Morgan fingerprint density at radius 3 is 0.897 bits per heavy atom. The average Bonchev–Trinajstić information content (AvgIpc) is 3.20. The van der Waals surface area contributed by atoms with E-state index in [4.69, 9.17) is 0 Å². The standard InChI is InChI=1S/2C14H23.Ca/c2*1-9(2)12-7-8-13(10(3)4)14(12)11(5)6;/h2*9-11H,7H2,1-6H3;/q2*-1;+2. The summed E-state index contributed by atoms with van der Waals surface area (Å²) in [7, 11) is 0. The summed E-state index contributed by atoms with van der Waals surface area (Å²) in [6.45, 7) is 27.5. The van der Waals surface area contributed by atoms with E-state index in [9.17, 15) is 0 Å². The second kappa shape index (κ2) is 12.9. The van der Waals surface area contributed by atoms with Gasteiger partial charge in [0.1, 0.15) is 0 Å². The summed E-state index contributed by atoms with van der Waals surface area (Å²) in [6, 6.07) is 0. The van der Waals surface area contributed by atoms with Crippen molar-refractivity contribution in [2.75, 3.05) is 0 Å². The van der Waals surface area contributed by atoms with Gasteiger partial charge in [-0.05, 0) is 11.8 Å². The molecule has 160 valence electrons. The maximum atomic E-state index is 3.56. The minimum Gasteiger partial charge on any atom is -0.269 e. The number of rotatable bonds is 6. The zero-order valence-electron chi connectivity index (χ0n) is 21.6. The summed E-state index contributed by atoms with van der Waals surface area (Å²) < 4.78 is 0. The monoisotopic (exact) mass is 422 g/mol. The average molecular weight is 423 g/mol. The molecule has 0 N–H and O–H groups in total. The molecule has 0 heterocycles. The van der Waals surface area contributed by atoms with Gasteiger partial charge in [0.2, 0.25) is 0 Å². The molecule has 2 aliphatic rings. The third kappa shape index (κ3) is 7.69. The fourth-order valence-corrected chi connectivity index (χ4v) is 4.53. The summed E-state index contributed by atoms with van der Waals surface area (Å²) in [5.41, 5.74) is 9.37. The summed E-state index contributed by atoms with van der Waals surface area (Å²) in [5.74, 6) is 3.92. The van der Waals surface area contributed by atoms with Gasteiger partial charge in [-0.1, -0.05) is 107 Å². The Morgan fingerprint density at radius 1 is 0.448 bits per heavy atom. The van der Waals surface area contributed by atoms with E-state index in [0.29, 0.717) is 35.5 Å². The molecule has 0 saturated carbocycles. The summed E-state index contributed by atoms with van der Waals surface area (Å²) in [6.07, 6.45) is 9.26. The topological polar surface area (TPSA) is 0 Å². The second-order valence-corrected chi connectivity index (χ2v) is 10.3. The van der Waals surface area contributed by atoms with Gasteiger partial charge in [0.15, 0.2) is 0 Å². The second-order valence-electron chi connectivity index (χ2n) is 10.3. The molecular weight excluding hydrogens is 376 g/mol. The molecule has 0 unspecified atom stereocenters. The van der Waals surface area contributed by atoms with Crippen LogP contribution in [0.3, 0.4) is 0 Å². The van der Waals surface area contributed by atoms with Gasteiger partial charge in [-0.15, -0.1) is 12.8 Å². The molecule has 0 spiro atoms. The van der Waals surface area contributed by atoms with Crippen LogP contribution in [-0.2, 0) is 0 Å². The minimum absolute atomic E-state index is 0. The molecule has 0 aromatic heterocycles. The maximum Gasteiger partial charge on any atom is 2.00 e. The van der Waals surface area contributed by atoms with Crippen molar-refractivity contribution >= 4 is 37.7 Å². The molecule has 1 heteroatoms. The van der Waals surface area contributed by atoms with Crippen LogP contribution in [0, 0.1) is 47.7 Å². The molecule has 0 saturated heterocycles. The first kappa shape index (κ1) is 29.2. The van der Waals surface area contributed by atoms with Crippen LogP contribution in [-0.4, -0.2) is 37.7 Å². The van der Waals surface area contributed by atoms with Gasteiger partial charge in [-0.2, -0.15) is 22.3 Å². The Labute approximate surface area is 213 Å². The van der Waals surface area contributed by atoms with Crippen LogP contribution in [0.15, 0.2) is 33.4 Å². The van der Waals surface area contributed by atoms with Crippen LogP contribution in [0.2, 0.25) is 0 Å². The molecule has 0 aromatic rings. The summed E-state index contributed by atoms with van der Waals surface area (Å²) in [4.78, 5) is 0. The van der Waals surface area contributed by atoms with E-state index in [1.54, 1.807) is 22.3 Å². The normalized spacial score (nSPS) is 17.0. The molecule has 2 aliphatic carbocycles. The van der Waals surface area contributed by atoms with Gasteiger partial charge in [0.25, 0.3) is 0 Å². The van der Waals surface area contributed by atoms with Crippen molar-refractivity contribution in [2.24, 2.45) is 35.5 Å². The molecule has 0 amide bonds. The van der Waals surface area contributed by atoms with E-state index in [2.05, 4.69) is 95.2 Å². The van der Waals surface area contributed by atoms with Gasteiger partial charge in [-0.3, -0.25) is 12.2 Å². The largest absolute Gasteiger partial charge is 2.00 e. The molecule has 0 aliphatic heterocycles. The molecule has 0 bridgehead atoms. The van der Waals surface area contributed by atoms with Gasteiger partial charge in [-0.25, -0.2) is 11.1 Å². The van der Waals surface area contributed by atoms with Crippen LogP contribution in [0.4, 0.5) is 0 Å². The first-order valence-electron chi connectivity index (χ1n) is 11.6. The predicted molar refractivity (Wildman–Crippen MR) is 132 cm³/mol. The molecule has 0 nitrogen and oxygen atoms in total. The van der Waals surface area contributed by atoms with Gasteiger partial charge >= 0.3 is 37.7 Å². The van der Waals surface area contributed by atoms with Crippen LogP contribution < -0.4 is 0 Å². The van der Waals surface area contributed by atoms with Crippen molar-refractivity contribution in [1.29, 1.82) is 0 Å². The predicted octanol–water partition coefficient (Wildman–Crippen LogP) is 8.39.